The lowest BCUT2D eigenvalue weighted by Gasteiger charge is -2.19. The topological polar surface area (TPSA) is 113 Å². The predicted octanol–water partition coefficient (Wildman–Crippen LogP) is 0.277. The van der Waals surface area contributed by atoms with Crippen molar-refractivity contribution in [3.63, 3.8) is 0 Å². The van der Waals surface area contributed by atoms with Crippen LogP contribution in [0.25, 0.3) is 0 Å². The molecule has 134 valence electrons. The molecule has 1 aliphatic rings. The molecule has 1 fully saturated rings. The second-order valence-corrected chi connectivity index (χ2v) is 5.85. The Bertz CT molecular complexity index is 689. The van der Waals surface area contributed by atoms with Gasteiger partial charge >= 0.3 is 11.8 Å². The number of imide groups is 1. The molecular formula is C17H22N4O4. The predicted molar refractivity (Wildman–Crippen MR) is 92.5 cm³/mol. The SMILES string of the molecule is CC(=O)N(C(=O)C(=O)NCCCN1CCCC1=O)c1cccc(N)c1. The maximum Gasteiger partial charge on any atom is 0.323 e. The van der Waals surface area contributed by atoms with Gasteiger partial charge in [0.2, 0.25) is 11.8 Å². The van der Waals surface area contributed by atoms with Gasteiger partial charge in [-0.3, -0.25) is 19.2 Å². The molecule has 0 unspecified atom stereocenters. The van der Waals surface area contributed by atoms with Crippen LogP contribution in [0.4, 0.5) is 11.4 Å². The van der Waals surface area contributed by atoms with E-state index in [1.807, 2.05) is 0 Å². The van der Waals surface area contributed by atoms with Crippen molar-refractivity contribution in [2.24, 2.45) is 0 Å². The Balaban J connectivity index is 1.89. The smallest absolute Gasteiger partial charge is 0.323 e. The van der Waals surface area contributed by atoms with Crippen LogP contribution in [0.2, 0.25) is 0 Å². The molecule has 1 heterocycles. The molecule has 0 aliphatic carbocycles. The highest BCUT2D eigenvalue weighted by atomic mass is 16.2. The van der Waals surface area contributed by atoms with Gasteiger partial charge in [-0.05, 0) is 31.0 Å². The van der Waals surface area contributed by atoms with Crippen molar-refractivity contribution < 1.29 is 19.2 Å². The van der Waals surface area contributed by atoms with Crippen LogP contribution < -0.4 is 16.0 Å². The van der Waals surface area contributed by atoms with Gasteiger partial charge in [-0.1, -0.05) is 6.07 Å². The van der Waals surface area contributed by atoms with Crippen LogP contribution in [-0.2, 0) is 19.2 Å². The molecule has 0 bridgehead atoms. The van der Waals surface area contributed by atoms with Crippen molar-refractivity contribution in [3.05, 3.63) is 24.3 Å². The summed E-state index contributed by atoms with van der Waals surface area (Å²) in [5.74, 6) is -2.29. The number of amides is 4. The van der Waals surface area contributed by atoms with E-state index >= 15 is 0 Å². The number of carbonyl (C=O) groups excluding carboxylic acids is 4. The second kappa shape index (κ2) is 8.27. The number of hydrogen-bond acceptors (Lipinski definition) is 5. The summed E-state index contributed by atoms with van der Waals surface area (Å²) in [4.78, 5) is 50.1. The zero-order valence-electron chi connectivity index (χ0n) is 14.2. The van der Waals surface area contributed by atoms with Crippen LogP contribution in [0.1, 0.15) is 26.2 Å². The molecule has 0 aromatic heterocycles. The maximum absolute atomic E-state index is 12.3. The van der Waals surface area contributed by atoms with Crippen molar-refractivity contribution in [1.29, 1.82) is 0 Å². The number of nitrogens with zero attached hydrogens (tertiary/aromatic N) is 2. The Hall–Kier alpha value is -2.90. The highest BCUT2D eigenvalue weighted by Crippen LogP contribution is 2.18. The molecule has 2 rings (SSSR count). The van der Waals surface area contributed by atoms with E-state index in [2.05, 4.69) is 5.32 Å². The van der Waals surface area contributed by atoms with Crippen LogP contribution in [-0.4, -0.2) is 48.2 Å². The van der Waals surface area contributed by atoms with Crippen molar-refractivity contribution in [2.45, 2.75) is 26.2 Å². The summed E-state index contributed by atoms with van der Waals surface area (Å²) >= 11 is 0. The van der Waals surface area contributed by atoms with Crippen LogP contribution in [0.3, 0.4) is 0 Å². The van der Waals surface area contributed by atoms with Crippen LogP contribution in [0.5, 0.6) is 0 Å². The fourth-order valence-electron chi connectivity index (χ4n) is 2.70. The van der Waals surface area contributed by atoms with Crippen molar-refractivity contribution in [3.8, 4) is 0 Å². The van der Waals surface area contributed by atoms with Gasteiger partial charge in [-0.25, -0.2) is 4.90 Å². The van der Waals surface area contributed by atoms with Crippen LogP contribution in [0, 0.1) is 0 Å². The molecule has 0 saturated carbocycles. The third-order valence-electron chi connectivity index (χ3n) is 3.90. The fourth-order valence-corrected chi connectivity index (χ4v) is 2.70. The number of anilines is 2. The first-order chi connectivity index (χ1) is 11.9. The number of carbonyl (C=O) groups is 4. The van der Waals surface area contributed by atoms with E-state index < -0.39 is 17.7 Å². The number of benzene rings is 1. The van der Waals surface area contributed by atoms with Gasteiger partial charge in [-0.15, -0.1) is 0 Å². The quantitative estimate of drug-likeness (QED) is 0.452. The summed E-state index contributed by atoms with van der Waals surface area (Å²) in [6.07, 6.45) is 1.97. The molecule has 8 heteroatoms. The molecule has 0 spiro atoms. The van der Waals surface area contributed by atoms with Crippen molar-refractivity contribution in [2.75, 3.05) is 30.3 Å². The average Bonchev–Trinajstić information content (AvgIpc) is 2.96. The molecule has 3 N–H and O–H groups in total. The zero-order chi connectivity index (χ0) is 18.4. The van der Waals surface area contributed by atoms with E-state index in [0.29, 0.717) is 25.1 Å². The molecule has 25 heavy (non-hydrogen) atoms. The number of rotatable bonds is 5. The normalized spacial score (nSPS) is 13.6. The number of nitrogens with one attached hydrogen (secondary N) is 1. The number of likely N-dealkylation sites (tertiary alicyclic amines) is 1. The minimum atomic E-state index is -0.963. The molecule has 1 aliphatic heterocycles. The first-order valence-corrected chi connectivity index (χ1v) is 8.16. The fraction of sp³-hybridized carbons (Fsp3) is 0.412. The van der Waals surface area contributed by atoms with E-state index in [9.17, 15) is 19.2 Å². The largest absolute Gasteiger partial charge is 0.399 e. The number of nitrogens with two attached hydrogens (primary N) is 1. The molecule has 4 amide bonds. The van der Waals surface area contributed by atoms with E-state index in [4.69, 9.17) is 5.73 Å². The van der Waals surface area contributed by atoms with E-state index in [1.165, 1.54) is 19.1 Å². The molecular weight excluding hydrogens is 324 g/mol. The Morgan fingerprint density at radius 1 is 1.32 bits per heavy atom. The third-order valence-corrected chi connectivity index (χ3v) is 3.90. The summed E-state index contributed by atoms with van der Waals surface area (Å²) in [5.41, 5.74) is 6.29. The highest BCUT2D eigenvalue weighted by molar-refractivity contribution is 6.45. The molecule has 1 aromatic rings. The molecule has 0 atom stereocenters. The van der Waals surface area contributed by atoms with Gasteiger partial charge in [0.1, 0.15) is 0 Å². The van der Waals surface area contributed by atoms with Gasteiger partial charge in [0.25, 0.3) is 0 Å². The summed E-state index contributed by atoms with van der Waals surface area (Å²) in [6.45, 7) is 2.72. The lowest BCUT2D eigenvalue weighted by molar-refractivity contribution is -0.139. The van der Waals surface area contributed by atoms with Crippen molar-refractivity contribution >= 4 is 35.0 Å². The van der Waals surface area contributed by atoms with Crippen LogP contribution in [0.15, 0.2) is 24.3 Å². The third kappa shape index (κ3) is 4.79. The summed E-state index contributed by atoms with van der Waals surface area (Å²) in [6, 6.07) is 6.19. The van der Waals surface area contributed by atoms with Gasteiger partial charge in [0.05, 0.1) is 5.69 Å². The van der Waals surface area contributed by atoms with Gasteiger partial charge in [0.15, 0.2) is 0 Å². The van der Waals surface area contributed by atoms with E-state index in [1.54, 1.807) is 17.0 Å². The van der Waals surface area contributed by atoms with Gasteiger partial charge < -0.3 is 16.0 Å². The van der Waals surface area contributed by atoms with E-state index in [-0.39, 0.29) is 18.1 Å². The number of hydrogen-bond donors (Lipinski definition) is 2. The number of nitrogen functional groups attached to an aromatic ring is 1. The maximum atomic E-state index is 12.3. The zero-order valence-corrected chi connectivity index (χ0v) is 14.2. The van der Waals surface area contributed by atoms with Crippen molar-refractivity contribution in [1.82, 2.24) is 10.2 Å². The monoisotopic (exact) mass is 346 g/mol. The lowest BCUT2D eigenvalue weighted by Crippen LogP contribution is -2.46. The first-order valence-electron chi connectivity index (χ1n) is 8.16. The van der Waals surface area contributed by atoms with Gasteiger partial charge in [0, 0.05) is 38.7 Å². The minimum absolute atomic E-state index is 0.117. The lowest BCUT2D eigenvalue weighted by atomic mass is 10.2. The summed E-state index contributed by atoms with van der Waals surface area (Å²) < 4.78 is 0. The highest BCUT2D eigenvalue weighted by Gasteiger charge is 2.27. The molecule has 0 radical (unpaired) electrons. The molecule has 8 nitrogen and oxygen atoms in total. The summed E-state index contributed by atoms with van der Waals surface area (Å²) in [5, 5.41) is 2.49. The Morgan fingerprint density at radius 2 is 2.08 bits per heavy atom. The summed E-state index contributed by atoms with van der Waals surface area (Å²) in [7, 11) is 0. The standard InChI is InChI=1S/C17H22N4O4/c1-12(22)21(14-6-2-5-13(18)11-14)17(25)16(24)19-8-4-10-20-9-3-7-15(20)23/h2,5-6,11H,3-4,7-10,18H2,1H3,(H,19,24). The second-order valence-electron chi connectivity index (χ2n) is 5.85. The Kier molecular flexibility index (Phi) is 6.10. The van der Waals surface area contributed by atoms with E-state index in [0.717, 1.165) is 17.9 Å². The Labute approximate surface area is 145 Å². The van der Waals surface area contributed by atoms with Crippen LogP contribution >= 0.6 is 0 Å². The molecule has 1 aromatic carbocycles. The Morgan fingerprint density at radius 3 is 2.68 bits per heavy atom. The molecule has 1 saturated heterocycles. The minimum Gasteiger partial charge on any atom is -0.399 e. The average molecular weight is 346 g/mol. The first kappa shape index (κ1) is 18.4. The van der Waals surface area contributed by atoms with Gasteiger partial charge in [-0.2, -0.15) is 0 Å².